The predicted molar refractivity (Wildman–Crippen MR) is 83.1 cm³/mol. The summed E-state index contributed by atoms with van der Waals surface area (Å²) < 4.78 is 2.19. The first-order valence-electron chi connectivity index (χ1n) is 6.72. The second-order valence-electron chi connectivity index (χ2n) is 5.41. The molecule has 1 aliphatic rings. The molecule has 3 heterocycles. The van der Waals surface area contributed by atoms with Gasteiger partial charge < -0.3 is 14.3 Å². The van der Waals surface area contributed by atoms with Crippen molar-refractivity contribution in [2.24, 2.45) is 5.16 Å². The number of hydrogen-bond acceptors (Lipinski definition) is 4. The first-order valence-corrected chi connectivity index (χ1v) is 7.60. The number of aromatic nitrogens is 1. The van der Waals surface area contributed by atoms with Crippen LogP contribution in [0.3, 0.4) is 0 Å². The van der Waals surface area contributed by atoms with Gasteiger partial charge in [-0.1, -0.05) is 5.16 Å². The first-order chi connectivity index (χ1) is 9.59. The summed E-state index contributed by atoms with van der Waals surface area (Å²) in [6.07, 6.45) is 2.08. The smallest absolute Gasteiger partial charge is 0.146 e. The van der Waals surface area contributed by atoms with Crippen LogP contribution in [0.15, 0.2) is 28.9 Å². The van der Waals surface area contributed by atoms with Gasteiger partial charge in [-0.15, -0.1) is 11.3 Å². The Labute approximate surface area is 123 Å². The van der Waals surface area contributed by atoms with E-state index in [4.69, 9.17) is 4.84 Å². The Hall–Kier alpha value is -1.59. The monoisotopic (exact) mass is 289 g/mol. The summed E-state index contributed by atoms with van der Waals surface area (Å²) >= 11 is 1.73. The number of rotatable bonds is 4. The lowest BCUT2D eigenvalue weighted by Crippen LogP contribution is -2.28. The van der Waals surface area contributed by atoms with Crippen LogP contribution in [0, 0.1) is 6.92 Å². The minimum atomic E-state index is 0.345. The number of thiophene rings is 1. The molecule has 2 aromatic rings. The summed E-state index contributed by atoms with van der Waals surface area (Å²) in [6, 6.07) is 4.48. The van der Waals surface area contributed by atoms with Crippen molar-refractivity contribution in [2.75, 3.05) is 20.7 Å². The molecule has 0 amide bonds. The van der Waals surface area contributed by atoms with E-state index in [1.807, 2.05) is 20.2 Å². The number of nitrogens with zero attached hydrogens (tertiary/aromatic N) is 3. The molecule has 5 heteroatoms. The maximum Gasteiger partial charge on any atom is 0.146 e. The van der Waals surface area contributed by atoms with Crippen LogP contribution >= 0.6 is 11.3 Å². The Morgan fingerprint density at radius 1 is 1.45 bits per heavy atom. The predicted octanol–water partition coefficient (Wildman–Crippen LogP) is 2.88. The second-order valence-corrected chi connectivity index (χ2v) is 6.29. The molecular formula is C15H19N3OS. The zero-order chi connectivity index (χ0) is 14.3. The Kier molecular flexibility index (Phi) is 3.40. The van der Waals surface area contributed by atoms with E-state index in [9.17, 15) is 0 Å². The lowest BCUT2D eigenvalue weighted by atomic mass is 10.2. The van der Waals surface area contributed by atoms with Crippen molar-refractivity contribution in [3.63, 3.8) is 0 Å². The van der Waals surface area contributed by atoms with Gasteiger partial charge in [-0.25, -0.2) is 0 Å². The van der Waals surface area contributed by atoms with Gasteiger partial charge in [-0.3, -0.25) is 0 Å². The molecule has 0 saturated heterocycles. The van der Waals surface area contributed by atoms with E-state index in [-0.39, 0.29) is 0 Å². The van der Waals surface area contributed by atoms with Crippen LogP contribution in [0.5, 0.6) is 0 Å². The molecule has 0 spiro atoms. The molecule has 0 aromatic carbocycles. The number of likely N-dealkylation sites (N-methyl/N-ethyl adjacent to an activating group) is 1. The van der Waals surface area contributed by atoms with Crippen LogP contribution in [-0.4, -0.2) is 41.9 Å². The van der Waals surface area contributed by atoms with Crippen molar-refractivity contribution < 1.29 is 4.84 Å². The zero-order valence-corrected chi connectivity index (χ0v) is 13.1. The lowest BCUT2D eigenvalue weighted by Gasteiger charge is -2.17. The third-order valence-electron chi connectivity index (χ3n) is 3.74. The maximum absolute atomic E-state index is 5.57. The van der Waals surface area contributed by atoms with Crippen molar-refractivity contribution in [3.05, 3.63) is 39.8 Å². The van der Waals surface area contributed by atoms with E-state index in [0.29, 0.717) is 12.6 Å². The minimum absolute atomic E-state index is 0.345. The molecule has 0 bridgehead atoms. The highest BCUT2D eigenvalue weighted by atomic mass is 32.1. The Bertz CT molecular complexity index is 654. The quantitative estimate of drug-likeness (QED) is 0.691. The molecule has 0 N–H and O–H groups in total. The van der Waals surface area contributed by atoms with Crippen molar-refractivity contribution in [1.82, 2.24) is 9.47 Å². The standard InChI is InChI=1S/C15H19N3OS/c1-10-9-20-15-13(16-19-8-11(2)17(3)4)12-6-5-7-18(12)14(10)15/h5-7,9,11H,8H2,1-4H3/b16-13-. The molecular weight excluding hydrogens is 270 g/mol. The lowest BCUT2D eigenvalue weighted by molar-refractivity contribution is 0.0923. The van der Waals surface area contributed by atoms with Gasteiger partial charge in [0.25, 0.3) is 0 Å². The molecule has 0 fully saturated rings. The SMILES string of the molecule is Cc1csc2c1-n1cccc1/C2=N/OCC(C)N(C)C. The zero-order valence-electron chi connectivity index (χ0n) is 12.3. The average Bonchev–Trinajstić information content (AvgIpc) is 3.05. The van der Waals surface area contributed by atoms with Crippen molar-refractivity contribution in [2.45, 2.75) is 19.9 Å². The van der Waals surface area contributed by atoms with Gasteiger partial charge in [-0.2, -0.15) is 0 Å². The van der Waals surface area contributed by atoms with Gasteiger partial charge in [0.2, 0.25) is 0 Å². The normalized spacial score (nSPS) is 16.6. The van der Waals surface area contributed by atoms with Gasteiger partial charge in [-0.05, 0) is 51.0 Å². The molecule has 106 valence electrons. The van der Waals surface area contributed by atoms with E-state index in [1.165, 1.54) is 16.1 Å². The molecule has 0 saturated carbocycles. The summed E-state index contributed by atoms with van der Waals surface area (Å²) in [4.78, 5) is 8.90. The largest absolute Gasteiger partial charge is 0.394 e. The van der Waals surface area contributed by atoms with E-state index < -0.39 is 0 Å². The third-order valence-corrected chi connectivity index (χ3v) is 4.84. The van der Waals surface area contributed by atoms with Crippen LogP contribution in [-0.2, 0) is 4.84 Å². The van der Waals surface area contributed by atoms with Gasteiger partial charge in [0.05, 0.1) is 16.3 Å². The number of aryl methyl sites for hydroxylation is 1. The minimum Gasteiger partial charge on any atom is -0.394 e. The summed E-state index contributed by atoms with van der Waals surface area (Å²) in [7, 11) is 4.09. The van der Waals surface area contributed by atoms with E-state index in [0.717, 1.165) is 11.4 Å². The van der Waals surface area contributed by atoms with Gasteiger partial charge in [0, 0.05) is 12.2 Å². The molecule has 1 aliphatic heterocycles. The highest BCUT2D eigenvalue weighted by Gasteiger charge is 2.28. The van der Waals surface area contributed by atoms with Gasteiger partial charge >= 0.3 is 0 Å². The fourth-order valence-corrected chi connectivity index (χ4v) is 3.27. The number of oxime groups is 1. The summed E-state index contributed by atoms with van der Waals surface area (Å²) in [5.41, 5.74) is 4.61. The van der Waals surface area contributed by atoms with Crippen LogP contribution < -0.4 is 0 Å². The first kappa shape index (κ1) is 13.4. The summed E-state index contributed by atoms with van der Waals surface area (Å²) in [5.74, 6) is 0. The number of fused-ring (bicyclic) bond motifs is 3. The Morgan fingerprint density at radius 2 is 2.25 bits per heavy atom. The molecule has 2 aromatic heterocycles. The van der Waals surface area contributed by atoms with E-state index >= 15 is 0 Å². The van der Waals surface area contributed by atoms with E-state index in [2.05, 4.69) is 46.1 Å². The second kappa shape index (κ2) is 5.07. The number of hydrogen-bond donors (Lipinski definition) is 0. The summed E-state index contributed by atoms with van der Waals surface area (Å²) in [6.45, 7) is 4.85. The van der Waals surface area contributed by atoms with E-state index in [1.54, 1.807) is 11.3 Å². The third kappa shape index (κ3) is 2.07. The molecule has 0 aliphatic carbocycles. The van der Waals surface area contributed by atoms with Crippen LogP contribution in [0.4, 0.5) is 0 Å². The average molecular weight is 289 g/mol. The van der Waals surface area contributed by atoms with Crippen LogP contribution in [0.2, 0.25) is 0 Å². The molecule has 3 rings (SSSR count). The Balaban J connectivity index is 1.87. The fourth-order valence-electron chi connectivity index (χ4n) is 2.24. The molecule has 0 radical (unpaired) electrons. The van der Waals surface area contributed by atoms with Crippen LogP contribution in [0.25, 0.3) is 5.69 Å². The molecule has 20 heavy (non-hydrogen) atoms. The molecule has 1 atom stereocenters. The maximum atomic E-state index is 5.57. The highest BCUT2D eigenvalue weighted by Crippen LogP contribution is 2.35. The highest BCUT2D eigenvalue weighted by molar-refractivity contribution is 7.13. The molecule has 4 nitrogen and oxygen atoms in total. The van der Waals surface area contributed by atoms with Crippen molar-refractivity contribution in [3.8, 4) is 5.69 Å². The molecule has 1 unspecified atom stereocenters. The topological polar surface area (TPSA) is 29.8 Å². The summed E-state index contributed by atoms with van der Waals surface area (Å²) in [5, 5.41) is 6.57. The fraction of sp³-hybridized carbons (Fsp3) is 0.400. The van der Waals surface area contributed by atoms with Crippen molar-refractivity contribution >= 4 is 17.0 Å². The van der Waals surface area contributed by atoms with Gasteiger partial charge in [0.1, 0.15) is 12.3 Å². The Morgan fingerprint density at radius 3 is 3.00 bits per heavy atom. The van der Waals surface area contributed by atoms with Crippen LogP contribution in [0.1, 0.15) is 23.1 Å². The van der Waals surface area contributed by atoms with Gasteiger partial charge in [0.15, 0.2) is 0 Å². The van der Waals surface area contributed by atoms with Crippen molar-refractivity contribution in [1.29, 1.82) is 0 Å².